The number of carboxylic acid groups (broad SMARTS) is 1. The fourth-order valence-corrected chi connectivity index (χ4v) is 4.12. The Bertz CT molecular complexity index is 928. The van der Waals surface area contributed by atoms with Crippen LogP contribution in [0.15, 0.2) is 48.5 Å². The third kappa shape index (κ3) is 6.99. The number of likely N-dealkylation sites (tertiary alicyclic amines) is 1. The van der Waals surface area contributed by atoms with E-state index in [1.54, 1.807) is 19.1 Å². The summed E-state index contributed by atoms with van der Waals surface area (Å²) in [4.78, 5) is 12.9. The normalized spacial score (nSPS) is 18.8. The maximum absolute atomic E-state index is 13.9. The molecule has 3 atom stereocenters. The quantitative estimate of drug-likeness (QED) is 0.536. The molecule has 0 aliphatic carbocycles. The van der Waals surface area contributed by atoms with Gasteiger partial charge in [-0.25, -0.2) is 9.18 Å². The van der Waals surface area contributed by atoms with E-state index in [2.05, 4.69) is 4.90 Å². The number of hydrogen-bond acceptors (Lipinski definition) is 4. The van der Waals surface area contributed by atoms with Gasteiger partial charge in [0.05, 0.1) is 18.8 Å². The summed E-state index contributed by atoms with van der Waals surface area (Å²) in [5.41, 5.74) is 3.41. The average molecular weight is 442 g/mol. The first-order valence-corrected chi connectivity index (χ1v) is 11.1. The first kappa shape index (κ1) is 24.1. The number of benzene rings is 2. The highest BCUT2D eigenvalue weighted by molar-refractivity contribution is 5.85. The van der Waals surface area contributed by atoms with Gasteiger partial charge < -0.3 is 14.9 Å². The van der Waals surface area contributed by atoms with Crippen molar-refractivity contribution < 1.29 is 24.1 Å². The van der Waals surface area contributed by atoms with Crippen LogP contribution in [0.4, 0.5) is 4.39 Å². The highest BCUT2D eigenvalue weighted by atomic mass is 19.1. The second-order valence-corrected chi connectivity index (χ2v) is 8.55. The van der Waals surface area contributed by atoms with E-state index >= 15 is 0 Å². The van der Waals surface area contributed by atoms with Gasteiger partial charge in [-0.05, 0) is 74.1 Å². The molecule has 1 saturated heterocycles. The molecule has 0 saturated carbocycles. The zero-order chi connectivity index (χ0) is 23.1. The number of halogens is 1. The fourth-order valence-electron chi connectivity index (χ4n) is 4.12. The summed E-state index contributed by atoms with van der Waals surface area (Å²) >= 11 is 0. The average Bonchev–Trinajstić information content (AvgIpc) is 3.19. The molecule has 1 aliphatic rings. The van der Waals surface area contributed by atoms with Crippen LogP contribution < -0.4 is 0 Å². The molecule has 1 heterocycles. The monoisotopic (exact) mass is 441 g/mol. The minimum Gasteiger partial charge on any atom is -0.478 e. The van der Waals surface area contributed by atoms with Crippen molar-refractivity contribution in [1.82, 2.24) is 4.90 Å². The van der Waals surface area contributed by atoms with Gasteiger partial charge in [0.25, 0.3) is 0 Å². The van der Waals surface area contributed by atoms with Crippen LogP contribution in [0.1, 0.15) is 48.1 Å². The van der Waals surface area contributed by atoms with Crippen LogP contribution in [0.3, 0.4) is 0 Å². The standard InChI is InChI=1S/C26H32FNO4/c1-18-5-6-21(15-25(18)27)14-23-4-3-13-28(23)16-24(29)17-32-19(2)22-10-7-20(8-11-22)9-12-26(30)31/h5-12,15,19,23-24,29H,3-4,13-14,16-17H2,1-2H3,(H,30,31)/b12-9+/t19-,23+,24+/m1/s1. The number of nitrogens with zero attached hydrogens (tertiary/aromatic N) is 1. The predicted molar refractivity (Wildman–Crippen MR) is 123 cm³/mol. The van der Waals surface area contributed by atoms with Crippen LogP contribution >= 0.6 is 0 Å². The van der Waals surface area contributed by atoms with Crippen LogP contribution in [0, 0.1) is 12.7 Å². The molecule has 172 valence electrons. The van der Waals surface area contributed by atoms with Crippen molar-refractivity contribution in [3.63, 3.8) is 0 Å². The van der Waals surface area contributed by atoms with Gasteiger partial charge in [-0.2, -0.15) is 0 Å². The molecule has 32 heavy (non-hydrogen) atoms. The summed E-state index contributed by atoms with van der Waals surface area (Å²) in [6, 6.07) is 13.2. The molecule has 0 amide bonds. The molecule has 0 unspecified atom stereocenters. The van der Waals surface area contributed by atoms with Gasteiger partial charge in [-0.3, -0.25) is 4.90 Å². The lowest BCUT2D eigenvalue weighted by atomic mass is 10.0. The molecule has 2 aromatic rings. The lowest BCUT2D eigenvalue weighted by Crippen LogP contribution is -2.39. The second kappa shape index (κ2) is 11.4. The Morgan fingerprint density at radius 3 is 2.72 bits per heavy atom. The molecule has 0 bridgehead atoms. The number of aryl methyl sites for hydroxylation is 1. The van der Waals surface area contributed by atoms with E-state index in [1.807, 2.05) is 43.3 Å². The van der Waals surface area contributed by atoms with E-state index in [0.29, 0.717) is 18.2 Å². The fraction of sp³-hybridized carbons (Fsp3) is 0.423. The number of β-amino-alcohol motifs (C(OH)–C–C–N with tert-alkyl or cyclic N) is 1. The predicted octanol–water partition coefficient (Wildman–Crippen LogP) is 4.38. The Balaban J connectivity index is 1.47. The van der Waals surface area contributed by atoms with E-state index in [-0.39, 0.29) is 18.5 Å². The van der Waals surface area contributed by atoms with Crippen molar-refractivity contribution >= 4 is 12.0 Å². The number of ether oxygens (including phenoxy) is 1. The molecular formula is C26H32FNO4. The number of carbonyl (C=O) groups is 1. The third-order valence-corrected chi connectivity index (χ3v) is 6.01. The van der Waals surface area contributed by atoms with Crippen LogP contribution in [0.5, 0.6) is 0 Å². The Labute approximate surface area is 189 Å². The zero-order valence-corrected chi connectivity index (χ0v) is 18.7. The smallest absolute Gasteiger partial charge is 0.328 e. The Morgan fingerprint density at radius 1 is 1.28 bits per heavy atom. The summed E-state index contributed by atoms with van der Waals surface area (Å²) in [6.45, 7) is 5.38. The summed E-state index contributed by atoms with van der Waals surface area (Å²) in [5.74, 6) is -1.15. The number of rotatable bonds is 10. The van der Waals surface area contributed by atoms with E-state index in [4.69, 9.17) is 9.84 Å². The summed E-state index contributed by atoms with van der Waals surface area (Å²) in [5, 5.41) is 19.2. The molecule has 0 radical (unpaired) electrons. The number of aliphatic hydroxyl groups is 1. The highest BCUT2D eigenvalue weighted by Gasteiger charge is 2.27. The van der Waals surface area contributed by atoms with Crippen LogP contribution in [0.2, 0.25) is 0 Å². The molecule has 0 aromatic heterocycles. The molecule has 0 spiro atoms. The molecule has 2 aromatic carbocycles. The SMILES string of the molecule is Cc1ccc(C[C@@H]2CCCN2C[C@H](O)CO[C@H](C)c2ccc(/C=C/C(=O)O)cc2)cc1F. The topological polar surface area (TPSA) is 70.0 Å². The lowest BCUT2D eigenvalue weighted by molar-refractivity contribution is -0.131. The number of hydrogen-bond donors (Lipinski definition) is 2. The largest absolute Gasteiger partial charge is 0.478 e. The molecule has 1 fully saturated rings. The molecule has 6 heteroatoms. The maximum Gasteiger partial charge on any atom is 0.328 e. The van der Waals surface area contributed by atoms with E-state index in [0.717, 1.165) is 48.6 Å². The maximum atomic E-state index is 13.9. The first-order valence-electron chi connectivity index (χ1n) is 11.1. The van der Waals surface area contributed by atoms with Gasteiger partial charge in [0.1, 0.15) is 5.82 Å². The van der Waals surface area contributed by atoms with Crippen molar-refractivity contribution in [2.45, 2.75) is 51.4 Å². The highest BCUT2D eigenvalue weighted by Crippen LogP contribution is 2.23. The van der Waals surface area contributed by atoms with E-state index < -0.39 is 12.1 Å². The minimum absolute atomic E-state index is 0.166. The lowest BCUT2D eigenvalue weighted by Gasteiger charge is -2.27. The van der Waals surface area contributed by atoms with Gasteiger partial charge in [-0.1, -0.05) is 36.4 Å². The second-order valence-electron chi connectivity index (χ2n) is 8.55. The van der Waals surface area contributed by atoms with Crippen molar-refractivity contribution in [2.24, 2.45) is 0 Å². The van der Waals surface area contributed by atoms with Gasteiger partial charge in [-0.15, -0.1) is 0 Å². The van der Waals surface area contributed by atoms with Gasteiger partial charge in [0.2, 0.25) is 0 Å². The minimum atomic E-state index is -0.981. The number of aliphatic hydroxyl groups excluding tert-OH is 1. The number of carboxylic acids is 1. The summed E-state index contributed by atoms with van der Waals surface area (Å²) in [7, 11) is 0. The molecule has 5 nitrogen and oxygen atoms in total. The van der Waals surface area contributed by atoms with Gasteiger partial charge in [0.15, 0.2) is 0 Å². The summed E-state index contributed by atoms with van der Waals surface area (Å²) in [6.07, 6.45) is 4.75. The molecular weight excluding hydrogens is 409 g/mol. The summed E-state index contributed by atoms with van der Waals surface area (Å²) < 4.78 is 19.8. The first-order chi connectivity index (χ1) is 15.3. The third-order valence-electron chi connectivity index (χ3n) is 6.01. The zero-order valence-electron chi connectivity index (χ0n) is 18.7. The van der Waals surface area contributed by atoms with Crippen LogP contribution in [-0.4, -0.2) is 52.9 Å². The van der Waals surface area contributed by atoms with Crippen molar-refractivity contribution in [3.8, 4) is 0 Å². The van der Waals surface area contributed by atoms with E-state index in [1.165, 1.54) is 0 Å². The number of aliphatic carboxylic acids is 1. The van der Waals surface area contributed by atoms with E-state index in [9.17, 15) is 14.3 Å². The molecule has 3 rings (SSSR count). The molecule has 1 aliphatic heterocycles. The van der Waals surface area contributed by atoms with Crippen molar-refractivity contribution in [1.29, 1.82) is 0 Å². The van der Waals surface area contributed by atoms with Gasteiger partial charge >= 0.3 is 5.97 Å². The van der Waals surface area contributed by atoms with Crippen LogP contribution in [-0.2, 0) is 16.0 Å². The van der Waals surface area contributed by atoms with Crippen LogP contribution in [0.25, 0.3) is 6.08 Å². The Hall–Kier alpha value is -2.54. The Kier molecular flexibility index (Phi) is 8.56. The van der Waals surface area contributed by atoms with Gasteiger partial charge in [0, 0.05) is 18.7 Å². The molecule has 2 N–H and O–H groups in total. The van der Waals surface area contributed by atoms with Crippen molar-refractivity contribution in [2.75, 3.05) is 19.7 Å². The van der Waals surface area contributed by atoms with Crippen molar-refractivity contribution in [3.05, 3.63) is 76.6 Å². The Morgan fingerprint density at radius 2 is 2.03 bits per heavy atom.